The molecule has 0 aromatic carbocycles. The van der Waals surface area contributed by atoms with Crippen LogP contribution in [0, 0.1) is 0 Å². The zero-order valence-corrected chi connectivity index (χ0v) is 15.4. The maximum Gasteiger partial charge on any atom is 0.254 e. The Morgan fingerprint density at radius 3 is 2.92 bits per heavy atom. The van der Waals surface area contributed by atoms with E-state index in [-0.39, 0.29) is 5.54 Å². The lowest BCUT2D eigenvalue weighted by atomic mass is 10.1. The van der Waals surface area contributed by atoms with Gasteiger partial charge in [-0.25, -0.2) is 9.97 Å². The minimum atomic E-state index is -0.345. The van der Waals surface area contributed by atoms with Crippen LogP contribution >= 0.6 is 15.9 Å². The number of halogens is 1. The number of hydrogen-bond acceptors (Lipinski definition) is 6. The zero-order chi connectivity index (χ0) is 17.2. The second-order valence-electron chi connectivity index (χ2n) is 6.05. The number of hydrogen-bond donors (Lipinski definition) is 1. The number of aromatic nitrogens is 5. The van der Waals surface area contributed by atoms with Gasteiger partial charge in [0.25, 0.3) is 5.78 Å². The first-order valence-electron chi connectivity index (χ1n) is 7.69. The maximum absolute atomic E-state index is 5.84. The van der Waals surface area contributed by atoms with Gasteiger partial charge in [-0.05, 0) is 48.3 Å². The Hall–Kier alpha value is -2.22. The molecule has 0 aliphatic heterocycles. The Balaban J connectivity index is 1.79. The number of nitrogens with zero attached hydrogens (tertiary/aromatic N) is 5. The summed E-state index contributed by atoms with van der Waals surface area (Å²) < 4.78 is 8.36. The Labute approximate surface area is 148 Å². The van der Waals surface area contributed by atoms with E-state index < -0.39 is 0 Å². The fraction of sp³-hybridized carbons (Fsp3) is 0.375. The first-order chi connectivity index (χ1) is 11.5. The van der Waals surface area contributed by atoms with E-state index in [1.54, 1.807) is 10.7 Å². The fourth-order valence-electron chi connectivity index (χ4n) is 2.24. The second-order valence-corrected chi connectivity index (χ2v) is 6.90. The van der Waals surface area contributed by atoms with Crippen molar-refractivity contribution in [3.8, 4) is 5.88 Å². The van der Waals surface area contributed by atoms with E-state index in [9.17, 15) is 0 Å². The lowest BCUT2D eigenvalue weighted by Gasteiger charge is -2.27. The molecule has 0 saturated heterocycles. The van der Waals surface area contributed by atoms with E-state index in [2.05, 4.69) is 62.1 Å². The van der Waals surface area contributed by atoms with Crippen molar-refractivity contribution in [2.24, 2.45) is 0 Å². The van der Waals surface area contributed by atoms with Crippen LogP contribution < -0.4 is 10.1 Å². The molecule has 0 bridgehead atoms. The number of ether oxygens (including phenoxy) is 1. The first-order valence-corrected chi connectivity index (χ1v) is 8.49. The molecule has 0 fully saturated rings. The summed E-state index contributed by atoms with van der Waals surface area (Å²) in [5, 5.41) is 7.69. The molecule has 3 aromatic rings. The quantitative estimate of drug-likeness (QED) is 0.696. The third-order valence-electron chi connectivity index (χ3n) is 3.43. The number of anilines is 1. The molecule has 1 N–H and O–H groups in total. The molecule has 0 amide bonds. The number of fused-ring (bicyclic) bond motifs is 1. The van der Waals surface area contributed by atoms with E-state index >= 15 is 0 Å². The van der Waals surface area contributed by atoms with Gasteiger partial charge in [-0.3, -0.25) is 0 Å². The largest absolute Gasteiger partial charge is 0.474 e. The molecular formula is C16H19BrN6O. The molecule has 7 nitrogen and oxygen atoms in total. The summed E-state index contributed by atoms with van der Waals surface area (Å²) in [5.74, 6) is 1.99. The topological polar surface area (TPSA) is 77.2 Å². The van der Waals surface area contributed by atoms with Gasteiger partial charge in [0.05, 0.1) is 10.0 Å². The highest BCUT2D eigenvalue weighted by Crippen LogP contribution is 2.23. The first kappa shape index (κ1) is 16.6. The van der Waals surface area contributed by atoms with Gasteiger partial charge in [-0.2, -0.15) is 14.6 Å². The Morgan fingerprint density at radius 2 is 2.17 bits per heavy atom. The number of aryl methyl sites for hydroxylation is 1. The lowest BCUT2D eigenvalue weighted by Crippen LogP contribution is -2.38. The predicted molar refractivity (Wildman–Crippen MR) is 95.3 cm³/mol. The van der Waals surface area contributed by atoms with Crippen LogP contribution in [0.25, 0.3) is 5.78 Å². The van der Waals surface area contributed by atoms with Crippen LogP contribution in [0.3, 0.4) is 0 Å². The van der Waals surface area contributed by atoms with Gasteiger partial charge in [0.1, 0.15) is 18.8 Å². The van der Waals surface area contributed by atoms with Crippen molar-refractivity contribution in [3.05, 3.63) is 40.9 Å². The summed E-state index contributed by atoms with van der Waals surface area (Å²) in [4.78, 5) is 12.9. The average Bonchev–Trinajstić information content (AvgIpc) is 3.02. The minimum Gasteiger partial charge on any atom is -0.474 e. The summed E-state index contributed by atoms with van der Waals surface area (Å²) in [6.07, 6.45) is 4.03. The second kappa shape index (κ2) is 6.72. The summed E-state index contributed by atoms with van der Waals surface area (Å²) in [6.45, 7) is 6.60. The monoisotopic (exact) mass is 390 g/mol. The Kier molecular flexibility index (Phi) is 4.66. The molecule has 0 atom stereocenters. The summed E-state index contributed by atoms with van der Waals surface area (Å²) in [6, 6.07) is 5.74. The Bertz CT molecular complexity index is 847. The molecule has 0 radical (unpaired) electrons. The number of pyridine rings is 1. The van der Waals surface area contributed by atoms with Crippen LogP contribution in [0.5, 0.6) is 5.88 Å². The standard InChI is InChI=1S/C16H19BrN6O/c1-4-11-8-13(23-15(21-11)19-10-20-23)22-16(2,3)9-24-14-12(17)6-5-7-18-14/h5-8,10,22H,4,9H2,1-3H3. The SMILES string of the molecule is CCc1cc(NC(C)(C)COc2ncccc2Br)n2ncnc2n1. The van der Waals surface area contributed by atoms with Crippen molar-refractivity contribution in [2.45, 2.75) is 32.7 Å². The number of nitrogens with one attached hydrogen (secondary N) is 1. The third kappa shape index (κ3) is 3.64. The van der Waals surface area contributed by atoms with E-state index in [1.165, 1.54) is 6.33 Å². The van der Waals surface area contributed by atoms with Crippen molar-refractivity contribution >= 4 is 27.5 Å². The van der Waals surface area contributed by atoms with Crippen molar-refractivity contribution in [2.75, 3.05) is 11.9 Å². The van der Waals surface area contributed by atoms with Crippen LogP contribution in [-0.4, -0.2) is 36.7 Å². The average molecular weight is 391 g/mol. The third-order valence-corrected chi connectivity index (χ3v) is 4.03. The molecule has 8 heteroatoms. The van der Waals surface area contributed by atoms with Crippen LogP contribution in [0.2, 0.25) is 0 Å². The molecule has 24 heavy (non-hydrogen) atoms. The summed E-state index contributed by atoms with van der Waals surface area (Å²) in [5.41, 5.74) is 0.615. The molecule has 3 heterocycles. The van der Waals surface area contributed by atoms with Crippen LogP contribution in [-0.2, 0) is 6.42 Å². The molecule has 0 spiro atoms. The van der Waals surface area contributed by atoms with Crippen molar-refractivity contribution < 1.29 is 4.74 Å². The van der Waals surface area contributed by atoms with Gasteiger partial charge in [0, 0.05) is 18.0 Å². The molecule has 3 rings (SSSR count). The zero-order valence-electron chi connectivity index (χ0n) is 13.8. The van der Waals surface area contributed by atoms with Gasteiger partial charge >= 0.3 is 0 Å². The van der Waals surface area contributed by atoms with Crippen molar-refractivity contribution in [1.82, 2.24) is 24.6 Å². The maximum atomic E-state index is 5.84. The predicted octanol–water partition coefficient (Wildman–Crippen LogP) is 3.11. The lowest BCUT2D eigenvalue weighted by molar-refractivity contribution is 0.245. The van der Waals surface area contributed by atoms with Crippen LogP contribution in [0.4, 0.5) is 5.82 Å². The summed E-state index contributed by atoms with van der Waals surface area (Å²) >= 11 is 3.44. The summed E-state index contributed by atoms with van der Waals surface area (Å²) in [7, 11) is 0. The highest BCUT2D eigenvalue weighted by Gasteiger charge is 2.21. The van der Waals surface area contributed by atoms with E-state index in [0.717, 1.165) is 22.4 Å². The molecule has 0 aliphatic rings. The molecule has 0 saturated carbocycles. The number of rotatable bonds is 6. The van der Waals surface area contributed by atoms with E-state index in [4.69, 9.17) is 4.74 Å². The van der Waals surface area contributed by atoms with Crippen molar-refractivity contribution in [3.63, 3.8) is 0 Å². The van der Waals surface area contributed by atoms with Crippen LogP contribution in [0.15, 0.2) is 35.2 Å². The van der Waals surface area contributed by atoms with Gasteiger partial charge in [-0.1, -0.05) is 6.92 Å². The van der Waals surface area contributed by atoms with E-state index in [0.29, 0.717) is 18.3 Å². The van der Waals surface area contributed by atoms with Gasteiger partial charge in [0.2, 0.25) is 5.88 Å². The molecule has 126 valence electrons. The molecule has 0 unspecified atom stereocenters. The molecule has 3 aromatic heterocycles. The fourth-order valence-corrected chi connectivity index (χ4v) is 2.61. The normalized spacial score (nSPS) is 11.7. The van der Waals surface area contributed by atoms with Crippen molar-refractivity contribution in [1.29, 1.82) is 0 Å². The van der Waals surface area contributed by atoms with Gasteiger partial charge in [0.15, 0.2) is 0 Å². The van der Waals surface area contributed by atoms with E-state index in [1.807, 2.05) is 18.2 Å². The van der Waals surface area contributed by atoms with Crippen LogP contribution in [0.1, 0.15) is 26.5 Å². The minimum absolute atomic E-state index is 0.345. The highest BCUT2D eigenvalue weighted by molar-refractivity contribution is 9.10. The molecular weight excluding hydrogens is 372 g/mol. The highest BCUT2D eigenvalue weighted by atomic mass is 79.9. The smallest absolute Gasteiger partial charge is 0.254 e. The van der Waals surface area contributed by atoms with Gasteiger partial charge < -0.3 is 10.1 Å². The Morgan fingerprint density at radius 1 is 1.33 bits per heavy atom. The molecule has 0 aliphatic carbocycles. The van der Waals surface area contributed by atoms with Gasteiger partial charge in [-0.15, -0.1) is 0 Å².